The third-order valence-corrected chi connectivity index (χ3v) is 4.20. The Morgan fingerprint density at radius 3 is 2.41 bits per heavy atom. The summed E-state index contributed by atoms with van der Waals surface area (Å²) in [5, 5.41) is 12.0. The minimum Gasteiger partial charge on any atom is -0.396 e. The van der Waals surface area contributed by atoms with Crippen molar-refractivity contribution in [1.82, 2.24) is 4.90 Å². The first-order valence-corrected chi connectivity index (χ1v) is 7.82. The molecular weight excluding hydrogens is 280 g/mol. The molecule has 0 aromatic heterocycles. The van der Waals surface area contributed by atoms with Crippen molar-refractivity contribution in [3.8, 4) is 0 Å². The van der Waals surface area contributed by atoms with Gasteiger partial charge in [-0.1, -0.05) is 0 Å². The van der Waals surface area contributed by atoms with E-state index in [1.165, 1.54) is 6.92 Å². The van der Waals surface area contributed by atoms with Crippen LogP contribution in [-0.4, -0.2) is 47.9 Å². The van der Waals surface area contributed by atoms with Crippen molar-refractivity contribution < 1.29 is 14.7 Å². The number of piperidine rings is 1. The maximum absolute atomic E-state index is 11.9. The molecule has 0 atom stereocenters. The molecule has 1 fully saturated rings. The number of anilines is 1. The molecule has 1 aromatic carbocycles. The second-order valence-electron chi connectivity index (χ2n) is 5.90. The normalized spacial score (nSPS) is 16.5. The third-order valence-electron chi connectivity index (χ3n) is 4.20. The van der Waals surface area contributed by atoms with Gasteiger partial charge in [-0.05, 0) is 63.0 Å². The molecule has 2 rings (SSSR count). The Hall–Kier alpha value is -1.72. The highest BCUT2D eigenvalue weighted by Gasteiger charge is 2.18. The van der Waals surface area contributed by atoms with Crippen LogP contribution in [-0.2, 0) is 4.79 Å². The van der Waals surface area contributed by atoms with Crippen molar-refractivity contribution in [3.05, 3.63) is 29.8 Å². The molecular formula is C17H24N2O3. The van der Waals surface area contributed by atoms with Crippen molar-refractivity contribution in [2.75, 3.05) is 31.6 Å². The molecule has 0 saturated carbocycles. The van der Waals surface area contributed by atoms with E-state index >= 15 is 0 Å². The van der Waals surface area contributed by atoms with Crippen LogP contribution in [0.15, 0.2) is 24.3 Å². The Kier molecular flexibility index (Phi) is 6.10. The number of nitrogens with one attached hydrogen (secondary N) is 1. The number of rotatable bonds is 6. The number of aliphatic hydroxyl groups excluding tert-OH is 1. The van der Waals surface area contributed by atoms with Crippen molar-refractivity contribution in [2.24, 2.45) is 5.92 Å². The Morgan fingerprint density at radius 2 is 1.86 bits per heavy atom. The van der Waals surface area contributed by atoms with E-state index in [0.29, 0.717) is 23.6 Å². The van der Waals surface area contributed by atoms with Crippen molar-refractivity contribution >= 4 is 17.4 Å². The van der Waals surface area contributed by atoms with Crippen LogP contribution in [0.4, 0.5) is 5.69 Å². The highest BCUT2D eigenvalue weighted by atomic mass is 16.3. The van der Waals surface area contributed by atoms with Gasteiger partial charge in [-0.15, -0.1) is 0 Å². The zero-order chi connectivity index (χ0) is 15.9. The van der Waals surface area contributed by atoms with Gasteiger partial charge in [0.1, 0.15) is 0 Å². The zero-order valence-corrected chi connectivity index (χ0v) is 13.0. The van der Waals surface area contributed by atoms with E-state index in [2.05, 4.69) is 10.2 Å². The lowest BCUT2D eigenvalue weighted by molar-refractivity contribution is -0.116. The Bertz CT molecular complexity index is 505. The second-order valence-corrected chi connectivity index (χ2v) is 5.90. The van der Waals surface area contributed by atoms with E-state index in [4.69, 9.17) is 5.11 Å². The molecule has 0 unspecified atom stereocenters. The van der Waals surface area contributed by atoms with E-state index in [0.717, 1.165) is 32.5 Å². The summed E-state index contributed by atoms with van der Waals surface area (Å²) in [5.74, 6) is 0.425. The molecule has 1 aromatic rings. The van der Waals surface area contributed by atoms with E-state index in [-0.39, 0.29) is 18.3 Å². The smallest absolute Gasteiger partial charge is 0.225 e. The van der Waals surface area contributed by atoms with E-state index in [1.807, 2.05) is 0 Å². The fourth-order valence-electron chi connectivity index (χ4n) is 2.66. The van der Waals surface area contributed by atoms with E-state index < -0.39 is 0 Å². The van der Waals surface area contributed by atoms with E-state index in [9.17, 15) is 9.59 Å². The fourth-order valence-corrected chi connectivity index (χ4v) is 2.66. The third kappa shape index (κ3) is 4.93. The first-order valence-electron chi connectivity index (χ1n) is 7.82. The first-order chi connectivity index (χ1) is 10.6. The van der Waals surface area contributed by atoms with Crippen LogP contribution in [0, 0.1) is 5.92 Å². The summed E-state index contributed by atoms with van der Waals surface area (Å²) in [7, 11) is 0. The van der Waals surface area contributed by atoms with Gasteiger partial charge in [-0.25, -0.2) is 0 Å². The predicted molar refractivity (Wildman–Crippen MR) is 85.9 cm³/mol. The molecule has 1 aliphatic heterocycles. The van der Waals surface area contributed by atoms with Gasteiger partial charge in [0.15, 0.2) is 5.78 Å². The fraction of sp³-hybridized carbons (Fsp3) is 0.529. The monoisotopic (exact) mass is 304 g/mol. The van der Waals surface area contributed by atoms with Crippen LogP contribution in [0.25, 0.3) is 0 Å². The highest BCUT2D eigenvalue weighted by molar-refractivity contribution is 5.95. The van der Waals surface area contributed by atoms with Gasteiger partial charge in [-0.3, -0.25) is 9.59 Å². The lowest BCUT2D eigenvalue weighted by Gasteiger charge is -2.30. The first kappa shape index (κ1) is 16.6. The molecule has 1 saturated heterocycles. The van der Waals surface area contributed by atoms with Crippen molar-refractivity contribution in [3.63, 3.8) is 0 Å². The van der Waals surface area contributed by atoms with E-state index in [1.54, 1.807) is 24.3 Å². The maximum atomic E-state index is 11.9. The number of Topliss-reactive ketones (excluding diaryl/α,β-unsaturated/α-hetero) is 1. The van der Waals surface area contributed by atoms with Crippen molar-refractivity contribution in [2.45, 2.75) is 26.2 Å². The number of likely N-dealkylation sites (tertiary alicyclic amines) is 1. The van der Waals surface area contributed by atoms with Crippen molar-refractivity contribution in [1.29, 1.82) is 0 Å². The summed E-state index contributed by atoms with van der Waals surface area (Å²) >= 11 is 0. The number of hydrogen-bond donors (Lipinski definition) is 2. The molecule has 0 spiro atoms. The molecule has 1 heterocycles. The number of benzene rings is 1. The van der Waals surface area contributed by atoms with Gasteiger partial charge >= 0.3 is 0 Å². The molecule has 1 aliphatic rings. The van der Waals surface area contributed by atoms with Crippen LogP contribution in [0.2, 0.25) is 0 Å². The summed E-state index contributed by atoms with van der Waals surface area (Å²) in [6, 6.07) is 6.94. The molecule has 0 aliphatic carbocycles. The number of carbonyl (C=O) groups is 2. The van der Waals surface area contributed by atoms with Crippen LogP contribution in [0.1, 0.15) is 36.5 Å². The van der Waals surface area contributed by atoms with Crippen LogP contribution < -0.4 is 5.32 Å². The summed E-state index contributed by atoms with van der Waals surface area (Å²) in [6.07, 6.45) is 2.47. The molecule has 2 N–H and O–H groups in total. The minimum absolute atomic E-state index is 0.0140. The lowest BCUT2D eigenvalue weighted by Crippen LogP contribution is -2.36. The Balaban J connectivity index is 1.73. The molecule has 120 valence electrons. The summed E-state index contributed by atoms with van der Waals surface area (Å²) in [5.41, 5.74) is 1.36. The summed E-state index contributed by atoms with van der Waals surface area (Å²) in [6.45, 7) is 4.44. The number of nitrogens with zero attached hydrogens (tertiary/aromatic N) is 1. The number of aliphatic hydroxyl groups is 1. The van der Waals surface area contributed by atoms with Gasteiger partial charge in [0.2, 0.25) is 5.91 Å². The average Bonchev–Trinajstić information content (AvgIpc) is 2.54. The SMILES string of the molecule is CC(=O)c1ccc(NC(=O)CCN2CCC(CO)CC2)cc1. The zero-order valence-electron chi connectivity index (χ0n) is 13.0. The standard InChI is InChI=1S/C17H24N2O3/c1-13(21)15-2-4-16(5-3-15)18-17(22)8-11-19-9-6-14(12-20)7-10-19/h2-5,14,20H,6-12H2,1H3,(H,18,22). The Labute approximate surface area is 131 Å². The van der Waals surface area contributed by atoms with Crippen LogP contribution in [0.5, 0.6) is 0 Å². The number of carbonyl (C=O) groups excluding carboxylic acids is 2. The number of hydrogen-bond acceptors (Lipinski definition) is 4. The van der Waals surface area contributed by atoms with Gasteiger partial charge in [0.25, 0.3) is 0 Å². The minimum atomic E-state index is -0.0140. The molecule has 5 heteroatoms. The lowest BCUT2D eigenvalue weighted by atomic mass is 9.98. The molecule has 0 radical (unpaired) electrons. The maximum Gasteiger partial charge on any atom is 0.225 e. The molecule has 22 heavy (non-hydrogen) atoms. The molecule has 1 amide bonds. The second kappa shape index (κ2) is 8.06. The average molecular weight is 304 g/mol. The summed E-state index contributed by atoms with van der Waals surface area (Å²) < 4.78 is 0. The highest BCUT2D eigenvalue weighted by Crippen LogP contribution is 2.16. The summed E-state index contributed by atoms with van der Waals surface area (Å²) in [4.78, 5) is 25.4. The number of amides is 1. The van der Waals surface area contributed by atoms with Gasteiger partial charge < -0.3 is 15.3 Å². The van der Waals surface area contributed by atoms with Crippen LogP contribution in [0.3, 0.4) is 0 Å². The molecule has 0 bridgehead atoms. The van der Waals surface area contributed by atoms with Gasteiger partial charge in [-0.2, -0.15) is 0 Å². The van der Waals surface area contributed by atoms with Gasteiger partial charge in [0, 0.05) is 30.8 Å². The molecule has 5 nitrogen and oxygen atoms in total. The number of ketones is 1. The Morgan fingerprint density at radius 1 is 1.23 bits per heavy atom. The largest absolute Gasteiger partial charge is 0.396 e. The van der Waals surface area contributed by atoms with Crippen LogP contribution >= 0.6 is 0 Å². The van der Waals surface area contributed by atoms with Gasteiger partial charge in [0.05, 0.1) is 0 Å². The topological polar surface area (TPSA) is 69.6 Å². The predicted octanol–water partition coefficient (Wildman–Crippen LogP) is 1.92. The quantitative estimate of drug-likeness (QED) is 0.788.